The Morgan fingerprint density at radius 1 is 1.42 bits per heavy atom. The molecule has 0 atom stereocenters. The molecule has 0 radical (unpaired) electrons. The zero-order chi connectivity index (χ0) is 13.4. The van der Waals surface area contributed by atoms with E-state index in [0.717, 1.165) is 27.1 Å². The predicted octanol–water partition coefficient (Wildman–Crippen LogP) is 4.18. The Morgan fingerprint density at radius 2 is 2.26 bits per heavy atom. The van der Waals surface area contributed by atoms with Crippen LogP contribution in [0.1, 0.15) is 25.7 Å². The van der Waals surface area contributed by atoms with Gasteiger partial charge in [0.05, 0.1) is 11.5 Å². The average molecular weight is 337 g/mol. The molecule has 3 rings (SSSR count). The molecule has 0 bridgehead atoms. The van der Waals surface area contributed by atoms with Crippen molar-refractivity contribution in [3.8, 4) is 5.75 Å². The minimum atomic E-state index is 0.161. The maximum absolute atomic E-state index is 12.3. The van der Waals surface area contributed by atoms with Crippen LogP contribution >= 0.6 is 27.3 Å². The van der Waals surface area contributed by atoms with Crippen molar-refractivity contribution in [2.45, 2.75) is 19.8 Å². The maximum Gasteiger partial charge on any atom is 0.177 e. The zero-order valence-corrected chi connectivity index (χ0v) is 12.9. The van der Waals surface area contributed by atoms with Gasteiger partial charge in [-0.15, -0.1) is 11.3 Å². The fourth-order valence-electron chi connectivity index (χ4n) is 2.32. The van der Waals surface area contributed by atoms with Crippen LogP contribution in [0.2, 0.25) is 0 Å². The van der Waals surface area contributed by atoms with E-state index in [1.807, 2.05) is 25.1 Å². The summed E-state index contributed by atoms with van der Waals surface area (Å²) in [5, 5.41) is 0. The highest BCUT2D eigenvalue weighted by Crippen LogP contribution is 2.34. The Bertz CT molecular complexity index is 646. The summed E-state index contributed by atoms with van der Waals surface area (Å²) in [7, 11) is 0. The molecule has 2 heterocycles. The van der Waals surface area contributed by atoms with Crippen LogP contribution in [0.5, 0.6) is 5.75 Å². The highest BCUT2D eigenvalue weighted by molar-refractivity contribution is 9.10. The summed E-state index contributed by atoms with van der Waals surface area (Å²) in [6, 6.07) is 7.95. The first kappa shape index (κ1) is 12.9. The topological polar surface area (TPSA) is 26.3 Å². The van der Waals surface area contributed by atoms with Gasteiger partial charge in [0.2, 0.25) is 0 Å². The molecule has 19 heavy (non-hydrogen) atoms. The van der Waals surface area contributed by atoms with Crippen LogP contribution in [0, 0.1) is 6.92 Å². The number of fused-ring (bicyclic) bond motifs is 1. The van der Waals surface area contributed by atoms with Gasteiger partial charge in [-0.05, 0) is 36.8 Å². The number of hydrogen-bond acceptors (Lipinski definition) is 3. The number of rotatable bonds is 3. The number of halogens is 1. The second-order valence-electron chi connectivity index (χ2n) is 4.66. The fourth-order valence-corrected chi connectivity index (χ4v) is 3.68. The SMILES string of the molecule is Cc1ccc(C(=O)Cc2cc(Br)cc3c2OCC3)s1. The lowest BCUT2D eigenvalue weighted by Gasteiger charge is -2.08. The van der Waals surface area contributed by atoms with Crippen LogP contribution in [-0.2, 0) is 12.8 Å². The second-order valence-corrected chi connectivity index (χ2v) is 6.87. The highest BCUT2D eigenvalue weighted by Gasteiger charge is 2.20. The lowest BCUT2D eigenvalue weighted by atomic mass is 10.0. The molecule has 2 nitrogen and oxygen atoms in total. The lowest BCUT2D eigenvalue weighted by molar-refractivity contribution is 0.0996. The minimum Gasteiger partial charge on any atom is -0.493 e. The van der Waals surface area contributed by atoms with Gasteiger partial charge in [-0.25, -0.2) is 0 Å². The van der Waals surface area contributed by atoms with Crippen molar-refractivity contribution in [1.29, 1.82) is 0 Å². The van der Waals surface area contributed by atoms with Crippen LogP contribution in [-0.4, -0.2) is 12.4 Å². The van der Waals surface area contributed by atoms with E-state index in [2.05, 4.69) is 22.0 Å². The largest absolute Gasteiger partial charge is 0.493 e. The van der Waals surface area contributed by atoms with Crippen LogP contribution in [0.15, 0.2) is 28.7 Å². The summed E-state index contributed by atoms with van der Waals surface area (Å²) in [6.07, 6.45) is 1.33. The van der Waals surface area contributed by atoms with E-state index in [9.17, 15) is 4.79 Å². The third kappa shape index (κ3) is 2.60. The van der Waals surface area contributed by atoms with Crippen LogP contribution in [0.25, 0.3) is 0 Å². The van der Waals surface area contributed by atoms with Crippen molar-refractivity contribution in [2.24, 2.45) is 0 Å². The molecule has 0 spiro atoms. The average Bonchev–Trinajstić information content (AvgIpc) is 2.97. The molecule has 0 saturated carbocycles. The monoisotopic (exact) mass is 336 g/mol. The standard InChI is InChI=1S/C15H13BrO2S/c1-9-2-3-14(19-9)13(17)8-11-7-12(16)6-10-4-5-18-15(10)11/h2-3,6-7H,4-5,8H2,1H3. The number of Topliss-reactive ketones (excluding diaryl/α,β-unsaturated/α-hetero) is 1. The summed E-state index contributed by atoms with van der Waals surface area (Å²) < 4.78 is 6.67. The predicted molar refractivity (Wildman–Crippen MR) is 80.4 cm³/mol. The molecular formula is C15H13BrO2S. The van der Waals surface area contributed by atoms with Crippen molar-refractivity contribution in [1.82, 2.24) is 0 Å². The van der Waals surface area contributed by atoms with E-state index in [1.54, 1.807) is 11.3 Å². The van der Waals surface area contributed by atoms with E-state index in [0.29, 0.717) is 13.0 Å². The summed E-state index contributed by atoms with van der Waals surface area (Å²) in [5.41, 5.74) is 2.18. The third-order valence-corrected chi connectivity index (χ3v) is 4.69. The molecule has 4 heteroatoms. The first-order chi connectivity index (χ1) is 9.13. The second kappa shape index (κ2) is 5.10. The van der Waals surface area contributed by atoms with Crippen molar-refractivity contribution in [3.05, 3.63) is 49.6 Å². The Morgan fingerprint density at radius 3 is 3.00 bits per heavy atom. The van der Waals surface area contributed by atoms with Crippen molar-refractivity contribution < 1.29 is 9.53 Å². The molecule has 1 aromatic carbocycles. The lowest BCUT2D eigenvalue weighted by Crippen LogP contribution is -2.03. The first-order valence-corrected chi connectivity index (χ1v) is 7.78. The normalized spacial score (nSPS) is 13.2. The minimum absolute atomic E-state index is 0.161. The molecule has 98 valence electrons. The number of carbonyl (C=O) groups is 1. The molecule has 0 saturated heterocycles. The molecule has 1 aromatic heterocycles. The van der Waals surface area contributed by atoms with Gasteiger partial charge < -0.3 is 4.74 Å². The molecule has 2 aromatic rings. The van der Waals surface area contributed by atoms with Crippen LogP contribution in [0.4, 0.5) is 0 Å². The molecule has 1 aliphatic heterocycles. The van der Waals surface area contributed by atoms with Gasteiger partial charge in [0.25, 0.3) is 0 Å². The van der Waals surface area contributed by atoms with Crippen LogP contribution in [0.3, 0.4) is 0 Å². The van der Waals surface area contributed by atoms with Gasteiger partial charge in [-0.2, -0.15) is 0 Å². The molecule has 0 fully saturated rings. The number of hydrogen-bond donors (Lipinski definition) is 0. The van der Waals surface area contributed by atoms with Crippen molar-refractivity contribution in [3.63, 3.8) is 0 Å². The zero-order valence-electron chi connectivity index (χ0n) is 10.5. The molecule has 0 amide bonds. The quantitative estimate of drug-likeness (QED) is 0.786. The summed E-state index contributed by atoms with van der Waals surface area (Å²) in [5.74, 6) is 1.07. The van der Waals surface area contributed by atoms with E-state index >= 15 is 0 Å². The van der Waals surface area contributed by atoms with Gasteiger partial charge >= 0.3 is 0 Å². The van der Waals surface area contributed by atoms with E-state index in [1.165, 1.54) is 10.4 Å². The molecular weight excluding hydrogens is 324 g/mol. The van der Waals surface area contributed by atoms with Crippen LogP contribution < -0.4 is 4.74 Å². The van der Waals surface area contributed by atoms with E-state index in [4.69, 9.17) is 4.74 Å². The number of thiophene rings is 1. The summed E-state index contributed by atoms with van der Waals surface area (Å²) >= 11 is 5.05. The Kier molecular flexibility index (Phi) is 3.46. The van der Waals surface area contributed by atoms with Crippen molar-refractivity contribution in [2.75, 3.05) is 6.61 Å². The molecule has 0 unspecified atom stereocenters. The summed E-state index contributed by atoms with van der Waals surface area (Å²) in [4.78, 5) is 14.3. The third-order valence-electron chi connectivity index (χ3n) is 3.19. The maximum atomic E-state index is 12.3. The molecule has 1 aliphatic rings. The number of ether oxygens (including phenoxy) is 1. The van der Waals surface area contributed by atoms with Gasteiger partial charge in [0, 0.05) is 27.8 Å². The van der Waals surface area contributed by atoms with Gasteiger partial charge in [-0.1, -0.05) is 15.9 Å². The Labute approximate surface area is 124 Å². The Balaban J connectivity index is 1.90. The van der Waals surface area contributed by atoms with E-state index < -0.39 is 0 Å². The first-order valence-electron chi connectivity index (χ1n) is 6.17. The molecule has 0 aliphatic carbocycles. The van der Waals surface area contributed by atoms with E-state index in [-0.39, 0.29) is 5.78 Å². The van der Waals surface area contributed by atoms with Gasteiger partial charge in [0.1, 0.15) is 5.75 Å². The number of carbonyl (C=O) groups excluding carboxylic acids is 1. The van der Waals surface area contributed by atoms with Gasteiger partial charge in [-0.3, -0.25) is 4.79 Å². The number of aryl methyl sites for hydroxylation is 1. The number of ketones is 1. The smallest absolute Gasteiger partial charge is 0.177 e. The number of benzene rings is 1. The molecule has 0 N–H and O–H groups in total. The highest BCUT2D eigenvalue weighted by atomic mass is 79.9. The van der Waals surface area contributed by atoms with Gasteiger partial charge in [0.15, 0.2) is 5.78 Å². The van der Waals surface area contributed by atoms with Crippen molar-refractivity contribution >= 4 is 33.0 Å². The fraction of sp³-hybridized carbons (Fsp3) is 0.267. The Hall–Kier alpha value is -1.13. The summed E-state index contributed by atoms with van der Waals surface area (Å²) in [6.45, 7) is 2.73.